The van der Waals surface area contributed by atoms with Crippen LogP contribution in [-0.4, -0.2) is 11.6 Å². The van der Waals surface area contributed by atoms with Gasteiger partial charge in [0.25, 0.3) is 0 Å². The molecule has 12 heavy (non-hydrogen) atoms. The molecule has 2 nitrogen and oxygen atoms in total. The first-order valence-corrected chi connectivity index (χ1v) is 4.65. The van der Waals surface area contributed by atoms with Crippen molar-refractivity contribution >= 4 is 5.97 Å². The van der Waals surface area contributed by atoms with Gasteiger partial charge >= 0.3 is 5.97 Å². The minimum absolute atomic E-state index is 0.000625. The van der Waals surface area contributed by atoms with Crippen molar-refractivity contribution in [1.82, 2.24) is 0 Å². The molecule has 0 radical (unpaired) electrons. The standard InChI is InChI=1S/C10H16O2/c1-9(2)5-7-4-8(11)12-10(9,3)6-7/h7H,4-6H2,1-3H3/t7-,10-/m0/s1. The Balaban J connectivity index is 2.33. The van der Waals surface area contributed by atoms with E-state index in [4.69, 9.17) is 4.74 Å². The number of esters is 1. The van der Waals surface area contributed by atoms with Crippen LogP contribution in [0.5, 0.6) is 0 Å². The van der Waals surface area contributed by atoms with Crippen molar-refractivity contribution in [3.05, 3.63) is 0 Å². The summed E-state index contributed by atoms with van der Waals surface area (Å²) in [5, 5.41) is 0. The van der Waals surface area contributed by atoms with Crippen LogP contribution in [0.4, 0.5) is 0 Å². The average molecular weight is 168 g/mol. The highest BCUT2D eigenvalue weighted by atomic mass is 16.6. The zero-order valence-electron chi connectivity index (χ0n) is 8.02. The third-order valence-corrected chi connectivity index (χ3v) is 3.70. The summed E-state index contributed by atoms with van der Waals surface area (Å²) < 4.78 is 5.44. The normalized spacial score (nSPS) is 44.2. The highest BCUT2D eigenvalue weighted by Gasteiger charge is 2.55. The highest BCUT2D eigenvalue weighted by Crippen LogP contribution is 2.54. The zero-order chi connectivity index (χ0) is 8.98. The number of fused-ring (bicyclic) bond motifs is 2. The largest absolute Gasteiger partial charge is 0.459 e. The van der Waals surface area contributed by atoms with E-state index < -0.39 is 0 Å². The van der Waals surface area contributed by atoms with E-state index in [1.807, 2.05) is 0 Å². The van der Waals surface area contributed by atoms with E-state index in [1.165, 1.54) is 0 Å². The first-order chi connectivity index (χ1) is 5.43. The molecule has 2 rings (SSSR count). The Bertz CT molecular complexity index is 230. The van der Waals surface area contributed by atoms with Crippen molar-refractivity contribution in [2.75, 3.05) is 0 Å². The van der Waals surface area contributed by atoms with E-state index in [1.54, 1.807) is 0 Å². The van der Waals surface area contributed by atoms with Gasteiger partial charge in [0.2, 0.25) is 0 Å². The monoisotopic (exact) mass is 168 g/mol. The van der Waals surface area contributed by atoms with Crippen molar-refractivity contribution in [2.24, 2.45) is 11.3 Å². The Morgan fingerprint density at radius 1 is 1.33 bits per heavy atom. The smallest absolute Gasteiger partial charge is 0.306 e. The van der Waals surface area contributed by atoms with Crippen LogP contribution in [0, 0.1) is 11.3 Å². The zero-order valence-corrected chi connectivity index (χ0v) is 8.02. The van der Waals surface area contributed by atoms with Gasteiger partial charge < -0.3 is 4.74 Å². The second-order valence-electron chi connectivity index (χ2n) is 5.07. The molecule has 68 valence electrons. The lowest BCUT2D eigenvalue weighted by atomic mass is 9.79. The molecular weight excluding hydrogens is 152 g/mol. The van der Waals surface area contributed by atoms with Crippen LogP contribution in [-0.2, 0) is 9.53 Å². The Morgan fingerprint density at radius 2 is 2.00 bits per heavy atom. The van der Waals surface area contributed by atoms with Gasteiger partial charge in [0.05, 0.1) is 0 Å². The fraction of sp³-hybridized carbons (Fsp3) is 0.900. The maximum atomic E-state index is 11.2. The van der Waals surface area contributed by atoms with Crippen LogP contribution in [0.1, 0.15) is 40.0 Å². The maximum Gasteiger partial charge on any atom is 0.306 e. The second kappa shape index (κ2) is 2.04. The summed E-state index contributed by atoms with van der Waals surface area (Å²) in [5.41, 5.74) is -0.0170. The van der Waals surface area contributed by atoms with Gasteiger partial charge in [0.15, 0.2) is 0 Å². The highest BCUT2D eigenvalue weighted by molar-refractivity contribution is 5.71. The lowest BCUT2D eigenvalue weighted by Crippen LogP contribution is -2.42. The molecule has 1 aliphatic heterocycles. The molecule has 2 aliphatic rings. The molecule has 0 N–H and O–H groups in total. The van der Waals surface area contributed by atoms with Crippen LogP contribution >= 0.6 is 0 Å². The van der Waals surface area contributed by atoms with Crippen LogP contribution < -0.4 is 0 Å². The number of rotatable bonds is 0. The van der Waals surface area contributed by atoms with Crippen molar-refractivity contribution in [3.63, 3.8) is 0 Å². The molecular formula is C10H16O2. The van der Waals surface area contributed by atoms with E-state index >= 15 is 0 Å². The summed E-state index contributed by atoms with van der Waals surface area (Å²) in [6.45, 7) is 6.47. The molecule has 2 heteroatoms. The lowest BCUT2D eigenvalue weighted by Gasteiger charge is -2.38. The maximum absolute atomic E-state index is 11.2. The topological polar surface area (TPSA) is 26.3 Å². The molecule has 0 unspecified atom stereocenters. The van der Waals surface area contributed by atoms with Crippen molar-refractivity contribution in [1.29, 1.82) is 0 Å². The third kappa shape index (κ3) is 0.900. The van der Waals surface area contributed by atoms with E-state index in [-0.39, 0.29) is 17.0 Å². The van der Waals surface area contributed by atoms with Crippen molar-refractivity contribution in [2.45, 2.75) is 45.6 Å². The molecule has 2 bridgehead atoms. The molecule has 0 amide bonds. The SMILES string of the molecule is CC1(C)C[C@@H]2CC(=O)O[C@@]1(C)C2. The first-order valence-electron chi connectivity index (χ1n) is 4.65. The minimum atomic E-state index is -0.188. The molecule has 1 saturated heterocycles. The van der Waals surface area contributed by atoms with E-state index in [2.05, 4.69) is 20.8 Å². The van der Waals surface area contributed by atoms with Gasteiger partial charge in [-0.15, -0.1) is 0 Å². The number of carbonyl (C=O) groups is 1. The van der Waals surface area contributed by atoms with E-state index in [0.29, 0.717) is 12.3 Å². The number of carbonyl (C=O) groups excluding carboxylic acids is 1. The average Bonchev–Trinajstić information content (AvgIpc) is 1.96. The molecule has 0 aromatic heterocycles. The van der Waals surface area contributed by atoms with E-state index in [9.17, 15) is 4.79 Å². The predicted octanol–water partition coefficient (Wildman–Crippen LogP) is 2.13. The number of hydrogen-bond acceptors (Lipinski definition) is 2. The Morgan fingerprint density at radius 3 is 2.58 bits per heavy atom. The Hall–Kier alpha value is -0.530. The molecule has 2 atom stereocenters. The lowest BCUT2D eigenvalue weighted by molar-refractivity contribution is -0.172. The predicted molar refractivity (Wildman–Crippen MR) is 45.6 cm³/mol. The molecule has 1 heterocycles. The quantitative estimate of drug-likeness (QED) is 0.518. The summed E-state index contributed by atoms with van der Waals surface area (Å²) in [4.78, 5) is 11.2. The van der Waals surface area contributed by atoms with Crippen LogP contribution in [0.2, 0.25) is 0 Å². The van der Waals surface area contributed by atoms with Crippen molar-refractivity contribution in [3.8, 4) is 0 Å². The number of hydrogen-bond donors (Lipinski definition) is 0. The van der Waals surface area contributed by atoms with Gasteiger partial charge in [0.1, 0.15) is 5.60 Å². The summed E-state index contributed by atoms with van der Waals surface area (Å²) in [5.74, 6) is 0.575. The second-order valence-corrected chi connectivity index (χ2v) is 5.07. The Labute approximate surface area is 73.3 Å². The molecule has 1 saturated carbocycles. The summed E-state index contributed by atoms with van der Waals surface area (Å²) >= 11 is 0. The molecule has 2 fully saturated rings. The fourth-order valence-electron chi connectivity index (χ4n) is 2.69. The molecule has 0 aromatic rings. The van der Waals surface area contributed by atoms with Crippen LogP contribution in [0.25, 0.3) is 0 Å². The van der Waals surface area contributed by atoms with Crippen LogP contribution in [0.15, 0.2) is 0 Å². The first kappa shape index (κ1) is 8.09. The van der Waals surface area contributed by atoms with Crippen molar-refractivity contribution < 1.29 is 9.53 Å². The summed E-state index contributed by atoms with van der Waals surface area (Å²) in [6, 6.07) is 0. The van der Waals surface area contributed by atoms with Gasteiger partial charge in [-0.3, -0.25) is 4.79 Å². The molecule has 1 aliphatic carbocycles. The Kier molecular flexibility index (Phi) is 1.37. The summed E-state index contributed by atoms with van der Waals surface area (Å²) in [7, 11) is 0. The van der Waals surface area contributed by atoms with Gasteiger partial charge in [-0.25, -0.2) is 0 Å². The van der Waals surface area contributed by atoms with Gasteiger partial charge in [0, 0.05) is 11.8 Å². The van der Waals surface area contributed by atoms with Crippen LogP contribution in [0.3, 0.4) is 0 Å². The molecule has 0 aromatic carbocycles. The summed E-state index contributed by atoms with van der Waals surface area (Å²) in [6.07, 6.45) is 2.83. The van der Waals surface area contributed by atoms with Gasteiger partial charge in [-0.2, -0.15) is 0 Å². The van der Waals surface area contributed by atoms with Gasteiger partial charge in [-0.05, 0) is 25.7 Å². The third-order valence-electron chi connectivity index (χ3n) is 3.70. The minimum Gasteiger partial charge on any atom is -0.459 e. The van der Waals surface area contributed by atoms with Gasteiger partial charge in [-0.1, -0.05) is 13.8 Å². The fourth-order valence-corrected chi connectivity index (χ4v) is 2.69. The number of ether oxygens (including phenoxy) is 1. The van der Waals surface area contributed by atoms with E-state index in [0.717, 1.165) is 12.8 Å². The molecule has 0 spiro atoms.